The van der Waals surface area contributed by atoms with Gasteiger partial charge < -0.3 is 16.0 Å². The number of amides is 1. The SMILES string of the molecule is CCN(C)c1nc(N)c(C(=O)NCCS(C)=O)s1. The zero-order chi connectivity index (χ0) is 13.7. The van der Waals surface area contributed by atoms with Crippen LogP contribution in [-0.2, 0) is 10.8 Å². The van der Waals surface area contributed by atoms with Crippen molar-refractivity contribution in [2.75, 3.05) is 42.8 Å². The molecule has 0 saturated heterocycles. The molecule has 0 spiro atoms. The molecule has 0 fully saturated rings. The summed E-state index contributed by atoms with van der Waals surface area (Å²) in [6.07, 6.45) is 1.60. The van der Waals surface area contributed by atoms with E-state index in [1.807, 2.05) is 18.9 Å². The topological polar surface area (TPSA) is 88.3 Å². The molecule has 1 amide bonds. The Morgan fingerprint density at radius 3 is 2.83 bits per heavy atom. The monoisotopic (exact) mass is 290 g/mol. The summed E-state index contributed by atoms with van der Waals surface area (Å²) in [5.74, 6) is 0.420. The van der Waals surface area contributed by atoms with Gasteiger partial charge in [0, 0.05) is 42.9 Å². The predicted molar refractivity (Wildman–Crippen MR) is 76.7 cm³/mol. The Bertz CT molecular complexity index is 447. The van der Waals surface area contributed by atoms with E-state index in [1.54, 1.807) is 6.26 Å². The Morgan fingerprint density at radius 2 is 2.28 bits per heavy atom. The summed E-state index contributed by atoms with van der Waals surface area (Å²) in [6, 6.07) is 0. The molecule has 1 aromatic rings. The molecular formula is C10H18N4O2S2. The highest BCUT2D eigenvalue weighted by atomic mass is 32.2. The number of nitrogens with one attached hydrogen (secondary N) is 1. The lowest BCUT2D eigenvalue weighted by molar-refractivity contribution is 0.0961. The van der Waals surface area contributed by atoms with Gasteiger partial charge in [0.1, 0.15) is 10.7 Å². The lowest BCUT2D eigenvalue weighted by Gasteiger charge is -2.10. The molecule has 0 aliphatic rings. The second-order valence-electron chi connectivity index (χ2n) is 3.76. The number of carbonyl (C=O) groups is 1. The van der Waals surface area contributed by atoms with Crippen LogP contribution in [0, 0.1) is 0 Å². The number of hydrogen-bond donors (Lipinski definition) is 2. The molecule has 1 rings (SSSR count). The number of anilines is 2. The quantitative estimate of drug-likeness (QED) is 0.786. The summed E-state index contributed by atoms with van der Waals surface area (Å²) in [5, 5.41) is 3.40. The molecule has 1 atom stereocenters. The largest absolute Gasteiger partial charge is 0.382 e. The predicted octanol–water partition coefficient (Wildman–Crippen LogP) is 0.290. The molecule has 1 aromatic heterocycles. The van der Waals surface area contributed by atoms with Gasteiger partial charge >= 0.3 is 0 Å². The number of hydrogen-bond acceptors (Lipinski definition) is 6. The first kappa shape index (κ1) is 14.9. The molecule has 1 heterocycles. The van der Waals surface area contributed by atoms with Crippen molar-refractivity contribution in [2.45, 2.75) is 6.92 Å². The minimum Gasteiger partial charge on any atom is -0.382 e. The smallest absolute Gasteiger partial charge is 0.265 e. The van der Waals surface area contributed by atoms with Crippen LogP contribution in [-0.4, -0.2) is 47.2 Å². The molecule has 6 nitrogen and oxygen atoms in total. The third-order valence-electron chi connectivity index (χ3n) is 2.32. The molecule has 0 aliphatic carbocycles. The summed E-state index contributed by atoms with van der Waals surface area (Å²) >= 11 is 1.26. The van der Waals surface area contributed by atoms with E-state index in [0.29, 0.717) is 17.2 Å². The van der Waals surface area contributed by atoms with Crippen molar-refractivity contribution in [3.63, 3.8) is 0 Å². The van der Waals surface area contributed by atoms with Crippen LogP contribution in [0.5, 0.6) is 0 Å². The first-order chi connectivity index (χ1) is 8.45. The van der Waals surface area contributed by atoms with Crippen LogP contribution in [0.1, 0.15) is 16.6 Å². The Kier molecular flexibility index (Phi) is 5.54. The van der Waals surface area contributed by atoms with E-state index >= 15 is 0 Å². The van der Waals surface area contributed by atoms with Gasteiger partial charge in [-0.25, -0.2) is 4.98 Å². The Hall–Kier alpha value is -1.15. The maximum Gasteiger partial charge on any atom is 0.265 e. The van der Waals surface area contributed by atoms with Crippen molar-refractivity contribution >= 4 is 39.0 Å². The molecule has 0 aromatic carbocycles. The number of aromatic nitrogens is 1. The summed E-state index contributed by atoms with van der Waals surface area (Å²) in [7, 11) is 0.975. The highest BCUT2D eigenvalue weighted by Crippen LogP contribution is 2.26. The van der Waals surface area contributed by atoms with Crippen LogP contribution in [0.3, 0.4) is 0 Å². The number of nitrogens with two attached hydrogens (primary N) is 1. The van der Waals surface area contributed by atoms with Gasteiger partial charge in [-0.15, -0.1) is 0 Å². The van der Waals surface area contributed by atoms with E-state index < -0.39 is 10.8 Å². The number of nitrogen functional groups attached to an aromatic ring is 1. The van der Waals surface area contributed by atoms with Gasteiger partial charge in [0.15, 0.2) is 5.13 Å². The van der Waals surface area contributed by atoms with E-state index in [0.717, 1.165) is 11.7 Å². The maximum atomic E-state index is 11.8. The van der Waals surface area contributed by atoms with E-state index in [9.17, 15) is 9.00 Å². The van der Waals surface area contributed by atoms with Crippen molar-refractivity contribution in [3.8, 4) is 0 Å². The van der Waals surface area contributed by atoms with Crippen LogP contribution < -0.4 is 16.0 Å². The van der Waals surface area contributed by atoms with Crippen LogP contribution in [0.25, 0.3) is 0 Å². The number of thiazole rings is 1. The fraction of sp³-hybridized carbons (Fsp3) is 0.600. The average Bonchev–Trinajstić information content (AvgIpc) is 2.69. The van der Waals surface area contributed by atoms with Gasteiger partial charge in [0.05, 0.1) is 0 Å². The number of carbonyl (C=O) groups excluding carboxylic acids is 1. The van der Waals surface area contributed by atoms with E-state index in [-0.39, 0.29) is 11.7 Å². The number of nitrogens with zero attached hydrogens (tertiary/aromatic N) is 2. The molecule has 0 bridgehead atoms. The Balaban J connectivity index is 2.68. The fourth-order valence-corrected chi connectivity index (χ4v) is 2.49. The normalized spacial score (nSPS) is 12.2. The van der Waals surface area contributed by atoms with E-state index in [1.165, 1.54) is 11.3 Å². The Labute approximate surface area is 113 Å². The van der Waals surface area contributed by atoms with Crippen molar-refractivity contribution in [1.29, 1.82) is 0 Å². The van der Waals surface area contributed by atoms with E-state index in [4.69, 9.17) is 5.73 Å². The fourth-order valence-electron chi connectivity index (χ4n) is 1.17. The molecule has 18 heavy (non-hydrogen) atoms. The average molecular weight is 290 g/mol. The summed E-state index contributed by atoms with van der Waals surface area (Å²) in [6.45, 7) is 3.16. The summed E-state index contributed by atoms with van der Waals surface area (Å²) in [4.78, 5) is 18.3. The third-order valence-corrected chi connectivity index (χ3v) is 4.29. The zero-order valence-electron chi connectivity index (χ0n) is 10.7. The molecule has 1 unspecified atom stereocenters. The van der Waals surface area contributed by atoms with Crippen LogP contribution >= 0.6 is 11.3 Å². The van der Waals surface area contributed by atoms with Gasteiger partial charge in [-0.3, -0.25) is 9.00 Å². The van der Waals surface area contributed by atoms with Gasteiger partial charge in [-0.05, 0) is 6.92 Å². The standard InChI is InChI=1S/C10H18N4O2S2/c1-4-14(2)10-13-8(11)7(17-10)9(15)12-5-6-18(3)16/h4-6,11H2,1-3H3,(H,12,15). The van der Waals surface area contributed by atoms with Gasteiger partial charge in [0.25, 0.3) is 5.91 Å². The van der Waals surface area contributed by atoms with Gasteiger partial charge in [0.2, 0.25) is 0 Å². The molecule has 8 heteroatoms. The van der Waals surface area contributed by atoms with Crippen LogP contribution in [0.15, 0.2) is 0 Å². The molecule has 3 N–H and O–H groups in total. The van der Waals surface area contributed by atoms with E-state index in [2.05, 4.69) is 10.3 Å². The second-order valence-corrected chi connectivity index (χ2v) is 6.29. The minimum atomic E-state index is -0.914. The zero-order valence-corrected chi connectivity index (χ0v) is 12.4. The first-order valence-corrected chi connectivity index (χ1v) is 8.05. The highest BCUT2D eigenvalue weighted by molar-refractivity contribution is 7.84. The molecule has 102 valence electrons. The summed E-state index contributed by atoms with van der Waals surface area (Å²) in [5.41, 5.74) is 5.72. The summed E-state index contributed by atoms with van der Waals surface area (Å²) < 4.78 is 10.9. The molecule has 0 radical (unpaired) electrons. The third kappa shape index (κ3) is 3.95. The van der Waals surface area contributed by atoms with Crippen molar-refractivity contribution in [3.05, 3.63) is 4.88 Å². The van der Waals surface area contributed by atoms with Gasteiger partial charge in [-0.2, -0.15) is 0 Å². The molecule has 0 saturated carbocycles. The Morgan fingerprint density at radius 1 is 1.61 bits per heavy atom. The molecular weight excluding hydrogens is 272 g/mol. The highest BCUT2D eigenvalue weighted by Gasteiger charge is 2.17. The second kappa shape index (κ2) is 6.69. The van der Waals surface area contributed by atoms with Crippen molar-refractivity contribution in [1.82, 2.24) is 10.3 Å². The van der Waals surface area contributed by atoms with Crippen LogP contribution in [0.2, 0.25) is 0 Å². The lowest BCUT2D eigenvalue weighted by Crippen LogP contribution is -2.27. The maximum absolute atomic E-state index is 11.8. The van der Waals surface area contributed by atoms with Crippen molar-refractivity contribution in [2.24, 2.45) is 0 Å². The molecule has 0 aliphatic heterocycles. The minimum absolute atomic E-state index is 0.241. The first-order valence-electron chi connectivity index (χ1n) is 5.51. The number of rotatable bonds is 6. The van der Waals surface area contributed by atoms with Crippen LogP contribution in [0.4, 0.5) is 10.9 Å². The lowest BCUT2D eigenvalue weighted by atomic mass is 10.4. The van der Waals surface area contributed by atoms with Gasteiger partial charge in [-0.1, -0.05) is 11.3 Å². The van der Waals surface area contributed by atoms with Crippen molar-refractivity contribution < 1.29 is 9.00 Å².